The summed E-state index contributed by atoms with van der Waals surface area (Å²) in [5.74, 6) is 0. The average molecular weight is 867 g/mol. The molecule has 10 aromatic carbocycles. The van der Waals surface area contributed by atoms with Crippen LogP contribution in [0.3, 0.4) is 0 Å². The first kappa shape index (κ1) is 38.1. The summed E-state index contributed by atoms with van der Waals surface area (Å²) in [5, 5.41) is 6.87. The van der Waals surface area contributed by atoms with Crippen LogP contribution in [0.5, 0.6) is 0 Å². The summed E-state index contributed by atoms with van der Waals surface area (Å²) in [7, 11) is 0. The summed E-state index contributed by atoms with van der Waals surface area (Å²) in [6, 6.07) is 77.6. The van der Waals surface area contributed by atoms with Gasteiger partial charge in [0.25, 0.3) is 0 Å². The highest BCUT2D eigenvalue weighted by atomic mass is 15.0. The maximum atomic E-state index is 5.34. The molecule has 14 rings (SSSR count). The molecule has 0 amide bonds. The zero-order chi connectivity index (χ0) is 44.7. The van der Waals surface area contributed by atoms with Crippen LogP contribution in [0.1, 0.15) is 0 Å². The molecule has 0 unspecified atom stereocenters. The van der Waals surface area contributed by atoms with Gasteiger partial charge in [0, 0.05) is 54.8 Å². The van der Waals surface area contributed by atoms with E-state index >= 15 is 0 Å². The standard InChI is InChI=1S/C62H38N6/c1-3-19-45(20-4-1)67-55-27-11-9-23-47(55)51-35-41(29-31-57(51)67)39-15-13-17-43(33-39)53-37-63-61-59(65-53)49-25-7-8-26-50(49)60-62(61)64-38-54(66-60)44-18-14-16-40(34-44)42-30-32-58-52(36-42)48-24-10-12-28-56(48)68(58)46-21-5-2-6-22-46/h1-38H. The Morgan fingerprint density at radius 2 is 0.618 bits per heavy atom. The van der Waals surface area contributed by atoms with E-state index in [4.69, 9.17) is 19.9 Å². The highest BCUT2D eigenvalue weighted by Gasteiger charge is 2.18. The zero-order valence-corrected chi connectivity index (χ0v) is 36.6. The molecule has 0 saturated carbocycles. The van der Waals surface area contributed by atoms with Gasteiger partial charge in [-0.2, -0.15) is 0 Å². The maximum absolute atomic E-state index is 5.34. The van der Waals surface area contributed by atoms with Gasteiger partial charge in [-0.15, -0.1) is 0 Å². The van der Waals surface area contributed by atoms with Crippen molar-refractivity contribution in [2.45, 2.75) is 0 Å². The van der Waals surface area contributed by atoms with Gasteiger partial charge >= 0.3 is 0 Å². The Bertz CT molecular complexity index is 4020. The summed E-state index contributed by atoms with van der Waals surface area (Å²) < 4.78 is 4.70. The van der Waals surface area contributed by atoms with Gasteiger partial charge in [0.05, 0.1) is 56.9 Å². The number of benzene rings is 10. The van der Waals surface area contributed by atoms with Crippen molar-refractivity contribution >= 4 is 76.5 Å². The number of hydrogen-bond donors (Lipinski definition) is 0. The third-order valence-corrected chi connectivity index (χ3v) is 13.6. The Morgan fingerprint density at radius 3 is 1.07 bits per heavy atom. The largest absolute Gasteiger partial charge is 0.309 e. The minimum atomic E-state index is 0.731. The lowest BCUT2D eigenvalue weighted by Gasteiger charge is -2.12. The Labute approximate surface area is 390 Å². The predicted molar refractivity (Wildman–Crippen MR) is 281 cm³/mol. The van der Waals surface area contributed by atoms with Crippen LogP contribution < -0.4 is 0 Å². The van der Waals surface area contributed by atoms with E-state index in [1.54, 1.807) is 0 Å². The summed E-state index contributed by atoms with van der Waals surface area (Å²) >= 11 is 0. The molecule has 0 N–H and O–H groups in total. The van der Waals surface area contributed by atoms with Crippen molar-refractivity contribution in [1.29, 1.82) is 0 Å². The molecule has 4 aromatic heterocycles. The normalized spacial score (nSPS) is 11.8. The molecule has 0 aliphatic heterocycles. The fourth-order valence-corrected chi connectivity index (χ4v) is 10.4. The van der Waals surface area contributed by atoms with Crippen LogP contribution in [0.15, 0.2) is 231 Å². The number of fused-ring (bicyclic) bond motifs is 12. The molecule has 6 heteroatoms. The van der Waals surface area contributed by atoms with Crippen molar-refractivity contribution in [2.75, 3.05) is 0 Å². The molecule has 0 spiro atoms. The van der Waals surface area contributed by atoms with Gasteiger partial charge in [0.15, 0.2) is 0 Å². The molecular formula is C62H38N6. The highest BCUT2D eigenvalue weighted by Crippen LogP contribution is 2.39. The lowest BCUT2D eigenvalue weighted by molar-refractivity contribution is 1.18. The maximum Gasteiger partial charge on any atom is 0.117 e. The van der Waals surface area contributed by atoms with Gasteiger partial charge in [-0.1, -0.05) is 146 Å². The molecule has 68 heavy (non-hydrogen) atoms. The number of para-hydroxylation sites is 4. The Balaban J connectivity index is 0.834. The second-order valence-corrected chi connectivity index (χ2v) is 17.5. The van der Waals surface area contributed by atoms with Gasteiger partial charge in [0.1, 0.15) is 11.0 Å². The van der Waals surface area contributed by atoms with Crippen LogP contribution >= 0.6 is 0 Å². The fourth-order valence-electron chi connectivity index (χ4n) is 10.4. The Morgan fingerprint density at radius 1 is 0.250 bits per heavy atom. The summed E-state index contributed by atoms with van der Waals surface area (Å²) in [4.78, 5) is 20.9. The van der Waals surface area contributed by atoms with Crippen LogP contribution in [0.4, 0.5) is 0 Å². The van der Waals surface area contributed by atoms with E-state index in [0.29, 0.717) is 0 Å². The van der Waals surface area contributed by atoms with E-state index in [1.165, 1.54) is 43.6 Å². The second-order valence-electron chi connectivity index (χ2n) is 17.5. The second kappa shape index (κ2) is 15.2. The third kappa shape index (κ3) is 5.98. The van der Waals surface area contributed by atoms with Crippen LogP contribution in [0, 0.1) is 0 Å². The number of rotatable bonds is 6. The third-order valence-electron chi connectivity index (χ3n) is 13.6. The van der Waals surface area contributed by atoms with Gasteiger partial charge in [-0.05, 0) is 95.1 Å². The molecule has 0 aliphatic carbocycles. The van der Waals surface area contributed by atoms with Gasteiger partial charge in [-0.25, -0.2) is 19.9 Å². The van der Waals surface area contributed by atoms with E-state index < -0.39 is 0 Å². The van der Waals surface area contributed by atoms with Crippen LogP contribution in [-0.4, -0.2) is 29.1 Å². The Kier molecular flexibility index (Phi) is 8.48. The first-order valence-electron chi connectivity index (χ1n) is 22.9. The fraction of sp³-hybridized carbons (Fsp3) is 0. The van der Waals surface area contributed by atoms with Crippen molar-refractivity contribution in [3.05, 3.63) is 231 Å². The highest BCUT2D eigenvalue weighted by molar-refractivity contribution is 6.21. The van der Waals surface area contributed by atoms with E-state index in [2.05, 4.69) is 228 Å². The van der Waals surface area contributed by atoms with E-state index in [0.717, 1.165) is 89.0 Å². The molecular weight excluding hydrogens is 829 g/mol. The lowest BCUT2D eigenvalue weighted by atomic mass is 9.99. The molecule has 14 aromatic rings. The number of aromatic nitrogens is 6. The van der Waals surface area contributed by atoms with Gasteiger partial charge in [-0.3, -0.25) is 0 Å². The monoisotopic (exact) mass is 866 g/mol. The van der Waals surface area contributed by atoms with Crippen molar-refractivity contribution in [2.24, 2.45) is 0 Å². The first-order valence-corrected chi connectivity index (χ1v) is 22.9. The smallest absolute Gasteiger partial charge is 0.117 e. The van der Waals surface area contributed by atoms with Gasteiger partial charge in [0.2, 0.25) is 0 Å². The molecule has 6 nitrogen and oxygen atoms in total. The van der Waals surface area contributed by atoms with Crippen LogP contribution in [0.25, 0.3) is 133 Å². The molecule has 4 heterocycles. The lowest BCUT2D eigenvalue weighted by Crippen LogP contribution is -1.96. The molecule has 0 bridgehead atoms. The summed E-state index contributed by atoms with van der Waals surface area (Å²) in [6.07, 6.45) is 3.75. The van der Waals surface area contributed by atoms with Crippen molar-refractivity contribution in [1.82, 2.24) is 29.1 Å². The van der Waals surface area contributed by atoms with Crippen molar-refractivity contribution in [3.8, 4) is 56.1 Å². The molecule has 0 saturated heterocycles. The summed E-state index contributed by atoms with van der Waals surface area (Å²) in [6.45, 7) is 0. The Hall–Kier alpha value is -9.26. The molecule has 0 fully saturated rings. The molecule has 0 atom stereocenters. The van der Waals surface area contributed by atoms with Gasteiger partial charge < -0.3 is 9.13 Å². The molecule has 0 radical (unpaired) electrons. The average Bonchev–Trinajstić information content (AvgIpc) is 3.93. The topological polar surface area (TPSA) is 61.4 Å². The molecule has 0 aliphatic rings. The van der Waals surface area contributed by atoms with Crippen LogP contribution in [-0.2, 0) is 0 Å². The number of nitrogens with zero attached hydrogens (tertiary/aromatic N) is 6. The van der Waals surface area contributed by atoms with E-state index in [9.17, 15) is 0 Å². The SMILES string of the molecule is c1ccc(-n2c3ccccc3c3cc(-c4cccc(-c5cnc6c(n5)c5ccccc5c5nc(-c7cccc(-c8ccc9c(c8)c8ccccc8n9-c8ccccc8)c7)cnc56)c4)ccc32)cc1. The van der Waals surface area contributed by atoms with Crippen molar-refractivity contribution < 1.29 is 0 Å². The molecule has 316 valence electrons. The zero-order valence-electron chi connectivity index (χ0n) is 36.6. The van der Waals surface area contributed by atoms with Crippen molar-refractivity contribution in [3.63, 3.8) is 0 Å². The number of hydrogen-bond acceptors (Lipinski definition) is 4. The van der Waals surface area contributed by atoms with Crippen LogP contribution in [0.2, 0.25) is 0 Å². The quantitative estimate of drug-likeness (QED) is 0.156. The minimum absolute atomic E-state index is 0.731. The summed E-state index contributed by atoms with van der Waals surface area (Å²) in [5.41, 5.74) is 18.2. The van der Waals surface area contributed by atoms with E-state index in [-0.39, 0.29) is 0 Å². The first-order chi connectivity index (χ1) is 33.7. The van der Waals surface area contributed by atoms with E-state index in [1.807, 2.05) is 12.4 Å². The predicted octanol–water partition coefficient (Wildman–Crippen LogP) is 15.6. The minimum Gasteiger partial charge on any atom is -0.309 e.